The monoisotopic (exact) mass is 384 g/mol. The zero-order valence-corrected chi connectivity index (χ0v) is 16.3. The number of para-hydroxylation sites is 1. The number of ether oxygens (including phenoxy) is 3. The first-order chi connectivity index (χ1) is 12.6. The highest BCUT2D eigenvalue weighted by Crippen LogP contribution is 2.36. The molecule has 0 N–H and O–H groups in total. The average molecular weight is 384 g/mol. The van der Waals surface area contributed by atoms with E-state index in [1.165, 1.54) is 0 Å². The van der Waals surface area contributed by atoms with Crippen molar-refractivity contribution < 1.29 is 22.6 Å². The van der Waals surface area contributed by atoms with Crippen LogP contribution in [-0.4, -0.2) is 83.4 Å². The molecule has 26 heavy (non-hydrogen) atoms. The molecule has 0 aliphatic carbocycles. The summed E-state index contributed by atoms with van der Waals surface area (Å²) in [6.45, 7) is 3.89. The highest BCUT2D eigenvalue weighted by molar-refractivity contribution is 7.89. The van der Waals surface area contributed by atoms with Crippen molar-refractivity contribution in [1.82, 2.24) is 9.21 Å². The van der Waals surface area contributed by atoms with Gasteiger partial charge in [-0.05, 0) is 31.5 Å². The second-order valence-electron chi connectivity index (χ2n) is 6.69. The van der Waals surface area contributed by atoms with Crippen LogP contribution in [0.5, 0.6) is 5.75 Å². The lowest BCUT2D eigenvalue weighted by atomic mass is 10.1. The maximum Gasteiger partial charge on any atom is 0.247 e. The highest BCUT2D eigenvalue weighted by atomic mass is 32.2. The molecular formula is C18H28N2O5S. The number of fused-ring (bicyclic) bond motifs is 2. The Morgan fingerprint density at radius 3 is 2.54 bits per heavy atom. The second-order valence-corrected chi connectivity index (χ2v) is 8.55. The number of nitrogens with zero attached hydrogens (tertiary/aromatic N) is 2. The minimum Gasteiger partial charge on any atom is -0.487 e. The van der Waals surface area contributed by atoms with Gasteiger partial charge in [0, 0.05) is 33.9 Å². The van der Waals surface area contributed by atoms with E-state index in [0.717, 1.165) is 32.5 Å². The molecular weight excluding hydrogens is 356 g/mol. The number of hydrogen-bond acceptors (Lipinski definition) is 6. The molecule has 1 aromatic rings. The van der Waals surface area contributed by atoms with Gasteiger partial charge in [-0.15, -0.1) is 0 Å². The standard InChI is InChI=1S/C18H28N2O5S/c1-23-13-11-19-9-7-15-16(8-10-19)25-17-5-3-4-6-18(17)26(21,22)20(15)12-14-24-2/h3-6,15-16H,7-14H2,1-2H3/t15-,16-/m0/s1. The van der Waals surface area contributed by atoms with Crippen LogP contribution in [-0.2, 0) is 19.5 Å². The SMILES string of the molecule is COCCN1CC[C@@H]2Oc3ccccc3S(=O)(=O)N(CCOC)[C@H]2CC1. The lowest BCUT2D eigenvalue weighted by molar-refractivity contribution is 0.0957. The van der Waals surface area contributed by atoms with Crippen LogP contribution < -0.4 is 4.74 Å². The molecule has 7 nitrogen and oxygen atoms in total. The summed E-state index contributed by atoms with van der Waals surface area (Å²) in [6.07, 6.45) is 1.34. The Kier molecular flexibility index (Phi) is 6.52. The fraction of sp³-hybridized carbons (Fsp3) is 0.667. The lowest BCUT2D eigenvalue weighted by Gasteiger charge is -2.31. The van der Waals surface area contributed by atoms with Gasteiger partial charge in [-0.1, -0.05) is 12.1 Å². The van der Waals surface area contributed by atoms with Crippen molar-refractivity contribution in [2.24, 2.45) is 0 Å². The molecule has 0 bridgehead atoms. The molecule has 8 heteroatoms. The molecule has 0 spiro atoms. The molecule has 3 rings (SSSR count). The lowest BCUT2D eigenvalue weighted by Crippen LogP contribution is -2.48. The smallest absolute Gasteiger partial charge is 0.247 e. The van der Waals surface area contributed by atoms with Crippen molar-refractivity contribution in [2.75, 3.05) is 53.6 Å². The van der Waals surface area contributed by atoms with Gasteiger partial charge in [0.15, 0.2) is 0 Å². The average Bonchev–Trinajstić information content (AvgIpc) is 2.87. The third kappa shape index (κ3) is 4.04. The Morgan fingerprint density at radius 1 is 1.08 bits per heavy atom. The van der Waals surface area contributed by atoms with Crippen molar-refractivity contribution in [3.63, 3.8) is 0 Å². The Balaban J connectivity index is 1.92. The molecule has 1 fully saturated rings. The summed E-state index contributed by atoms with van der Waals surface area (Å²) in [5.74, 6) is 0.452. The van der Waals surface area contributed by atoms with E-state index in [1.54, 1.807) is 36.7 Å². The van der Waals surface area contributed by atoms with Crippen molar-refractivity contribution >= 4 is 10.0 Å². The van der Waals surface area contributed by atoms with Crippen molar-refractivity contribution in [2.45, 2.75) is 29.9 Å². The minimum atomic E-state index is -3.63. The zero-order valence-electron chi connectivity index (χ0n) is 15.5. The summed E-state index contributed by atoms with van der Waals surface area (Å²) in [5.41, 5.74) is 0. The molecule has 1 aromatic carbocycles. The summed E-state index contributed by atoms with van der Waals surface area (Å²) in [7, 11) is -0.343. The topological polar surface area (TPSA) is 68.3 Å². The van der Waals surface area contributed by atoms with E-state index in [1.807, 2.05) is 6.07 Å². The zero-order chi connectivity index (χ0) is 18.6. The minimum absolute atomic E-state index is 0.169. The van der Waals surface area contributed by atoms with E-state index >= 15 is 0 Å². The van der Waals surface area contributed by atoms with E-state index < -0.39 is 10.0 Å². The summed E-state index contributed by atoms with van der Waals surface area (Å²) in [4.78, 5) is 2.56. The van der Waals surface area contributed by atoms with Gasteiger partial charge >= 0.3 is 0 Å². The normalized spacial score (nSPS) is 26.2. The summed E-state index contributed by atoms with van der Waals surface area (Å²) < 4.78 is 44.8. The Bertz CT molecular complexity index is 697. The van der Waals surface area contributed by atoms with E-state index in [9.17, 15) is 8.42 Å². The molecule has 0 amide bonds. The molecule has 2 atom stereocenters. The van der Waals surface area contributed by atoms with Crippen molar-refractivity contribution in [3.8, 4) is 5.75 Å². The summed E-state index contributed by atoms with van der Waals surface area (Å²) in [6, 6.07) is 6.73. The van der Waals surface area contributed by atoms with Gasteiger partial charge in [-0.25, -0.2) is 8.42 Å². The van der Waals surface area contributed by atoms with Crippen LogP contribution in [0.3, 0.4) is 0 Å². The Hall–Kier alpha value is -1.19. The Morgan fingerprint density at radius 2 is 1.77 bits per heavy atom. The molecule has 0 radical (unpaired) electrons. The van der Waals surface area contributed by atoms with Crippen LogP contribution in [0, 0.1) is 0 Å². The van der Waals surface area contributed by atoms with Crippen LogP contribution in [0.25, 0.3) is 0 Å². The van der Waals surface area contributed by atoms with Gasteiger partial charge in [0.1, 0.15) is 16.7 Å². The maximum absolute atomic E-state index is 13.3. The predicted molar refractivity (Wildman–Crippen MR) is 98.0 cm³/mol. The van der Waals surface area contributed by atoms with Crippen LogP contribution in [0.4, 0.5) is 0 Å². The number of hydrogen-bond donors (Lipinski definition) is 0. The van der Waals surface area contributed by atoms with Gasteiger partial charge in [0.2, 0.25) is 10.0 Å². The van der Waals surface area contributed by atoms with Crippen LogP contribution in [0.2, 0.25) is 0 Å². The largest absolute Gasteiger partial charge is 0.487 e. The van der Waals surface area contributed by atoms with Gasteiger partial charge in [0.25, 0.3) is 0 Å². The molecule has 0 saturated carbocycles. The van der Waals surface area contributed by atoms with Crippen molar-refractivity contribution in [3.05, 3.63) is 24.3 Å². The van der Waals surface area contributed by atoms with E-state index in [2.05, 4.69) is 4.90 Å². The predicted octanol–water partition coefficient (Wildman–Crippen LogP) is 1.20. The highest BCUT2D eigenvalue weighted by Gasteiger charge is 2.42. The van der Waals surface area contributed by atoms with Gasteiger partial charge in [0.05, 0.1) is 19.3 Å². The number of likely N-dealkylation sites (tertiary alicyclic amines) is 1. The number of sulfonamides is 1. The molecule has 2 aliphatic rings. The van der Waals surface area contributed by atoms with Crippen molar-refractivity contribution in [1.29, 1.82) is 0 Å². The first-order valence-electron chi connectivity index (χ1n) is 9.05. The third-order valence-electron chi connectivity index (χ3n) is 5.11. The molecule has 146 valence electrons. The van der Waals surface area contributed by atoms with Crippen LogP contribution in [0.15, 0.2) is 29.2 Å². The first-order valence-corrected chi connectivity index (χ1v) is 10.5. The van der Waals surface area contributed by atoms with Crippen LogP contribution in [0.1, 0.15) is 12.8 Å². The van der Waals surface area contributed by atoms with E-state index in [4.69, 9.17) is 14.2 Å². The fourth-order valence-electron chi connectivity index (χ4n) is 3.72. The first kappa shape index (κ1) is 19.6. The van der Waals surface area contributed by atoms with E-state index in [-0.39, 0.29) is 17.0 Å². The van der Waals surface area contributed by atoms with E-state index in [0.29, 0.717) is 25.5 Å². The van der Waals surface area contributed by atoms with Gasteiger partial charge in [-0.3, -0.25) is 0 Å². The van der Waals surface area contributed by atoms with Gasteiger partial charge < -0.3 is 19.1 Å². The number of benzene rings is 1. The second kappa shape index (κ2) is 8.67. The third-order valence-corrected chi connectivity index (χ3v) is 7.08. The number of rotatable bonds is 6. The summed E-state index contributed by atoms with van der Waals surface area (Å²) in [5, 5.41) is 0. The molecule has 2 aliphatic heterocycles. The van der Waals surface area contributed by atoms with Crippen LogP contribution >= 0.6 is 0 Å². The fourth-order valence-corrected chi connectivity index (χ4v) is 5.51. The number of methoxy groups -OCH3 is 2. The quantitative estimate of drug-likeness (QED) is 0.734. The Labute approximate surface area is 155 Å². The molecule has 0 aromatic heterocycles. The molecule has 0 unspecified atom stereocenters. The molecule has 1 saturated heterocycles. The molecule has 2 heterocycles. The summed E-state index contributed by atoms with van der Waals surface area (Å²) >= 11 is 0. The maximum atomic E-state index is 13.3. The van der Waals surface area contributed by atoms with Gasteiger partial charge in [-0.2, -0.15) is 4.31 Å².